The average molecular weight is 267 g/mol. The van der Waals surface area contributed by atoms with Gasteiger partial charge in [0.15, 0.2) is 0 Å². The Morgan fingerprint density at radius 3 is 2.90 bits per heavy atom. The zero-order valence-electron chi connectivity index (χ0n) is 10.6. The van der Waals surface area contributed by atoms with E-state index < -0.39 is 0 Å². The molecule has 2 aliphatic rings. The SMILES string of the molecule is NN=C1C=CC=C2NC(=O)C(=Cc3ccccc3O)C21. The van der Waals surface area contributed by atoms with Crippen LogP contribution in [0.4, 0.5) is 0 Å². The first-order chi connectivity index (χ1) is 9.70. The third kappa shape index (κ3) is 1.89. The van der Waals surface area contributed by atoms with Crippen molar-refractivity contribution in [1.82, 2.24) is 5.32 Å². The van der Waals surface area contributed by atoms with Crippen LogP contribution in [-0.4, -0.2) is 16.7 Å². The van der Waals surface area contributed by atoms with E-state index in [1.165, 1.54) is 0 Å². The van der Waals surface area contributed by atoms with Crippen LogP contribution >= 0.6 is 0 Å². The summed E-state index contributed by atoms with van der Waals surface area (Å²) in [6.45, 7) is 0. The molecule has 0 bridgehead atoms. The number of allylic oxidation sites excluding steroid dienone is 4. The van der Waals surface area contributed by atoms with Crippen LogP contribution in [0.5, 0.6) is 5.75 Å². The summed E-state index contributed by atoms with van der Waals surface area (Å²) in [4.78, 5) is 12.1. The lowest BCUT2D eigenvalue weighted by Crippen LogP contribution is -2.19. The molecule has 20 heavy (non-hydrogen) atoms. The number of carbonyl (C=O) groups excluding carboxylic acids is 1. The van der Waals surface area contributed by atoms with Gasteiger partial charge in [-0.2, -0.15) is 5.10 Å². The van der Waals surface area contributed by atoms with Crippen molar-refractivity contribution >= 4 is 17.7 Å². The van der Waals surface area contributed by atoms with Crippen molar-refractivity contribution in [3.63, 3.8) is 0 Å². The summed E-state index contributed by atoms with van der Waals surface area (Å²) < 4.78 is 0. The van der Waals surface area contributed by atoms with Crippen LogP contribution in [0.3, 0.4) is 0 Å². The number of para-hydroxylation sites is 1. The second-order valence-corrected chi connectivity index (χ2v) is 4.58. The van der Waals surface area contributed by atoms with Gasteiger partial charge in [0, 0.05) is 16.8 Å². The van der Waals surface area contributed by atoms with Crippen molar-refractivity contribution in [3.8, 4) is 5.75 Å². The molecule has 0 aromatic heterocycles. The molecule has 1 fully saturated rings. The number of fused-ring (bicyclic) bond motifs is 1. The van der Waals surface area contributed by atoms with E-state index in [2.05, 4.69) is 10.4 Å². The molecule has 0 radical (unpaired) electrons. The number of amides is 1. The molecule has 0 spiro atoms. The fourth-order valence-electron chi connectivity index (χ4n) is 2.42. The Labute approximate surface area is 115 Å². The number of hydrazone groups is 1. The molecule has 1 atom stereocenters. The highest BCUT2D eigenvalue weighted by atomic mass is 16.3. The standard InChI is InChI=1S/C15H13N3O2/c16-18-12-6-3-5-11-14(12)10(15(20)17-11)8-9-4-1-2-7-13(9)19/h1-8,14,19H,16H2,(H,17,20). The zero-order chi connectivity index (χ0) is 14.1. The number of nitrogens with two attached hydrogens (primary N) is 1. The van der Waals surface area contributed by atoms with Gasteiger partial charge in [0.2, 0.25) is 0 Å². The molecule has 1 aromatic carbocycles. The number of hydrogen-bond acceptors (Lipinski definition) is 4. The van der Waals surface area contributed by atoms with E-state index in [9.17, 15) is 9.90 Å². The summed E-state index contributed by atoms with van der Waals surface area (Å²) in [6, 6.07) is 6.85. The summed E-state index contributed by atoms with van der Waals surface area (Å²) in [7, 11) is 0. The van der Waals surface area contributed by atoms with Crippen molar-refractivity contribution in [2.75, 3.05) is 0 Å². The normalized spacial score (nSPS) is 24.7. The number of hydrogen-bond donors (Lipinski definition) is 3. The van der Waals surface area contributed by atoms with Crippen molar-refractivity contribution in [3.05, 3.63) is 59.3 Å². The van der Waals surface area contributed by atoms with Gasteiger partial charge in [0.25, 0.3) is 5.91 Å². The fraction of sp³-hybridized carbons (Fsp3) is 0.0667. The molecule has 100 valence electrons. The quantitative estimate of drug-likeness (QED) is 0.407. The maximum atomic E-state index is 12.1. The fourth-order valence-corrected chi connectivity index (χ4v) is 2.42. The molecule has 0 saturated carbocycles. The number of carbonyl (C=O) groups is 1. The van der Waals surface area contributed by atoms with E-state index in [1.54, 1.807) is 42.5 Å². The summed E-state index contributed by atoms with van der Waals surface area (Å²) in [5.41, 5.74) is 2.47. The van der Waals surface area contributed by atoms with Crippen LogP contribution in [0.2, 0.25) is 0 Å². The number of aromatic hydroxyl groups is 1. The summed E-state index contributed by atoms with van der Waals surface area (Å²) in [5.74, 6) is 5.02. The Hall–Kier alpha value is -2.82. The maximum Gasteiger partial charge on any atom is 0.252 e. The van der Waals surface area contributed by atoms with Gasteiger partial charge in [-0.15, -0.1) is 0 Å². The van der Waals surface area contributed by atoms with Gasteiger partial charge in [-0.3, -0.25) is 4.79 Å². The monoisotopic (exact) mass is 267 g/mol. The Bertz CT molecular complexity index is 699. The molecular formula is C15H13N3O2. The first kappa shape index (κ1) is 12.2. The van der Waals surface area contributed by atoms with Crippen molar-refractivity contribution in [1.29, 1.82) is 0 Å². The molecule has 1 amide bonds. The average Bonchev–Trinajstić information content (AvgIpc) is 2.77. The van der Waals surface area contributed by atoms with Gasteiger partial charge < -0.3 is 16.3 Å². The number of phenolic OH excluding ortho intramolecular Hbond substituents is 1. The molecule has 1 heterocycles. The minimum absolute atomic E-state index is 0.128. The summed E-state index contributed by atoms with van der Waals surface area (Å²) >= 11 is 0. The lowest BCUT2D eigenvalue weighted by Gasteiger charge is -2.14. The van der Waals surface area contributed by atoms with E-state index in [0.29, 0.717) is 16.8 Å². The minimum atomic E-state index is -0.294. The van der Waals surface area contributed by atoms with E-state index in [1.807, 2.05) is 6.08 Å². The third-order valence-corrected chi connectivity index (χ3v) is 3.38. The second kappa shape index (κ2) is 4.70. The minimum Gasteiger partial charge on any atom is -0.507 e. The molecule has 5 heteroatoms. The highest BCUT2D eigenvalue weighted by Crippen LogP contribution is 2.33. The van der Waals surface area contributed by atoms with E-state index in [-0.39, 0.29) is 17.6 Å². The molecular weight excluding hydrogens is 254 g/mol. The highest BCUT2D eigenvalue weighted by Gasteiger charge is 2.36. The topological polar surface area (TPSA) is 87.7 Å². The Morgan fingerprint density at radius 2 is 2.15 bits per heavy atom. The van der Waals surface area contributed by atoms with Crippen molar-refractivity contribution < 1.29 is 9.90 Å². The maximum absolute atomic E-state index is 12.1. The predicted molar refractivity (Wildman–Crippen MR) is 76.6 cm³/mol. The van der Waals surface area contributed by atoms with Crippen LogP contribution in [0.15, 0.2) is 58.9 Å². The molecule has 1 unspecified atom stereocenters. The molecule has 3 rings (SSSR count). The number of phenols is 1. The van der Waals surface area contributed by atoms with Gasteiger partial charge in [-0.25, -0.2) is 0 Å². The van der Waals surface area contributed by atoms with Crippen LogP contribution < -0.4 is 11.2 Å². The van der Waals surface area contributed by atoms with Crippen LogP contribution in [0.25, 0.3) is 6.08 Å². The van der Waals surface area contributed by atoms with Crippen LogP contribution in [0, 0.1) is 5.92 Å². The number of nitrogens with zero attached hydrogens (tertiary/aromatic N) is 1. The van der Waals surface area contributed by atoms with E-state index in [0.717, 1.165) is 5.70 Å². The Balaban J connectivity index is 2.09. The van der Waals surface area contributed by atoms with Crippen LogP contribution in [-0.2, 0) is 4.79 Å². The first-order valence-electron chi connectivity index (χ1n) is 6.17. The van der Waals surface area contributed by atoms with Gasteiger partial charge in [0.1, 0.15) is 5.75 Å². The largest absolute Gasteiger partial charge is 0.507 e. The second-order valence-electron chi connectivity index (χ2n) is 4.58. The van der Waals surface area contributed by atoms with Crippen molar-refractivity contribution in [2.24, 2.45) is 16.9 Å². The molecule has 4 N–H and O–H groups in total. The highest BCUT2D eigenvalue weighted by molar-refractivity contribution is 6.15. The number of benzene rings is 1. The van der Waals surface area contributed by atoms with Crippen LogP contribution in [0.1, 0.15) is 5.56 Å². The Kier molecular flexibility index (Phi) is 2.87. The van der Waals surface area contributed by atoms with E-state index >= 15 is 0 Å². The van der Waals surface area contributed by atoms with Gasteiger partial charge in [-0.1, -0.05) is 24.3 Å². The lowest BCUT2D eigenvalue weighted by molar-refractivity contribution is -0.115. The van der Waals surface area contributed by atoms with Crippen molar-refractivity contribution in [2.45, 2.75) is 0 Å². The van der Waals surface area contributed by atoms with Gasteiger partial charge in [-0.05, 0) is 24.3 Å². The van der Waals surface area contributed by atoms with Gasteiger partial charge in [0.05, 0.1) is 11.6 Å². The molecule has 1 saturated heterocycles. The smallest absolute Gasteiger partial charge is 0.252 e. The summed E-state index contributed by atoms with van der Waals surface area (Å²) in [5, 5.41) is 16.3. The van der Waals surface area contributed by atoms with E-state index in [4.69, 9.17) is 5.84 Å². The number of nitrogens with one attached hydrogen (secondary N) is 1. The molecule has 1 aromatic rings. The van der Waals surface area contributed by atoms with Gasteiger partial charge >= 0.3 is 0 Å². The summed E-state index contributed by atoms with van der Waals surface area (Å²) in [6.07, 6.45) is 7.05. The molecule has 1 aliphatic carbocycles. The molecule has 1 aliphatic heterocycles. The first-order valence-corrected chi connectivity index (χ1v) is 6.17. The Morgan fingerprint density at radius 1 is 1.35 bits per heavy atom. The predicted octanol–water partition coefficient (Wildman–Crippen LogP) is 1.29. The number of rotatable bonds is 1. The zero-order valence-corrected chi connectivity index (χ0v) is 10.6. The third-order valence-electron chi connectivity index (χ3n) is 3.38. The molecule has 5 nitrogen and oxygen atoms in total. The lowest BCUT2D eigenvalue weighted by atomic mass is 9.89.